The fourth-order valence-electron chi connectivity index (χ4n) is 2.24. The number of carboxylic acid groups (broad SMARTS) is 1. The third kappa shape index (κ3) is 8.70. The van der Waals surface area contributed by atoms with Crippen LogP contribution in [0.5, 0.6) is 0 Å². The average molecular weight is 279 g/mol. The summed E-state index contributed by atoms with van der Waals surface area (Å²) in [5, 5.41) is 10.4. The third-order valence-electron chi connectivity index (χ3n) is 3.70. The highest BCUT2D eigenvalue weighted by Gasteiger charge is 2.02. The van der Waals surface area contributed by atoms with Gasteiger partial charge in [0.15, 0.2) is 0 Å². The Morgan fingerprint density at radius 2 is 1.85 bits per heavy atom. The summed E-state index contributed by atoms with van der Waals surface area (Å²) in [4.78, 5) is 8.36. The molecule has 0 bridgehead atoms. The Morgan fingerprint density at radius 3 is 2.40 bits per heavy atom. The summed E-state index contributed by atoms with van der Waals surface area (Å²) in [6.45, 7) is 8.69. The molecule has 1 aromatic carbocycles. The van der Waals surface area contributed by atoms with E-state index in [0.717, 1.165) is 19.0 Å². The van der Waals surface area contributed by atoms with Crippen molar-refractivity contribution in [2.45, 2.75) is 53.0 Å². The molecule has 114 valence electrons. The molecule has 1 aromatic rings. The van der Waals surface area contributed by atoms with Crippen LogP contribution in [0.4, 0.5) is 0 Å². The number of aryl methyl sites for hydroxylation is 1. The van der Waals surface area contributed by atoms with Gasteiger partial charge in [-0.2, -0.15) is 0 Å². The predicted molar refractivity (Wildman–Crippen MR) is 84.9 cm³/mol. The van der Waals surface area contributed by atoms with Gasteiger partial charge in [-0.3, -0.25) is 4.79 Å². The fraction of sp³-hybridized carbons (Fsp3) is 0.588. The van der Waals surface area contributed by atoms with Crippen LogP contribution in [-0.2, 0) is 11.3 Å². The first-order valence-corrected chi connectivity index (χ1v) is 7.52. The highest BCUT2D eigenvalue weighted by atomic mass is 16.3. The molecule has 2 N–H and O–H groups in total. The molecular formula is C17H29NO2. The second kappa shape index (κ2) is 12.7. The highest BCUT2D eigenvalue weighted by Crippen LogP contribution is 2.14. The zero-order valence-electron chi connectivity index (χ0n) is 13.1. The molecular weight excluding hydrogens is 250 g/mol. The van der Waals surface area contributed by atoms with E-state index in [4.69, 9.17) is 9.90 Å². The van der Waals surface area contributed by atoms with Crippen LogP contribution in [0.25, 0.3) is 0 Å². The molecule has 0 aliphatic heterocycles. The van der Waals surface area contributed by atoms with E-state index >= 15 is 0 Å². The van der Waals surface area contributed by atoms with Crippen molar-refractivity contribution in [3.05, 3.63) is 35.4 Å². The zero-order chi connectivity index (χ0) is 15.2. The van der Waals surface area contributed by atoms with Gasteiger partial charge in [-0.1, -0.05) is 51.0 Å². The van der Waals surface area contributed by atoms with E-state index in [1.807, 2.05) is 0 Å². The van der Waals surface area contributed by atoms with Crippen molar-refractivity contribution >= 4 is 6.47 Å². The fourth-order valence-corrected chi connectivity index (χ4v) is 2.24. The van der Waals surface area contributed by atoms with Crippen LogP contribution in [0, 0.1) is 12.8 Å². The van der Waals surface area contributed by atoms with Crippen LogP contribution in [0.1, 0.15) is 50.7 Å². The van der Waals surface area contributed by atoms with Crippen molar-refractivity contribution in [2.24, 2.45) is 5.92 Å². The molecule has 0 aromatic heterocycles. The molecule has 0 fully saturated rings. The minimum Gasteiger partial charge on any atom is -0.483 e. The number of carbonyl (C=O) groups is 1. The second-order valence-electron chi connectivity index (χ2n) is 5.03. The molecule has 0 saturated heterocycles. The molecule has 20 heavy (non-hydrogen) atoms. The smallest absolute Gasteiger partial charge is 0.290 e. The molecule has 0 atom stereocenters. The minimum atomic E-state index is -0.250. The summed E-state index contributed by atoms with van der Waals surface area (Å²) in [5.41, 5.74) is 2.81. The molecule has 0 heterocycles. The van der Waals surface area contributed by atoms with Crippen molar-refractivity contribution in [2.75, 3.05) is 6.54 Å². The van der Waals surface area contributed by atoms with Gasteiger partial charge in [0.2, 0.25) is 0 Å². The van der Waals surface area contributed by atoms with Crippen LogP contribution >= 0.6 is 0 Å². The number of rotatable bonds is 8. The van der Waals surface area contributed by atoms with Crippen LogP contribution in [0.3, 0.4) is 0 Å². The molecule has 0 unspecified atom stereocenters. The SMILES string of the molecule is CCC(CC)CCCNCc1ccccc1C.O=CO. The average Bonchev–Trinajstić information content (AvgIpc) is 2.45. The third-order valence-corrected chi connectivity index (χ3v) is 3.70. The molecule has 0 spiro atoms. The summed E-state index contributed by atoms with van der Waals surface area (Å²) in [6.07, 6.45) is 5.33. The lowest BCUT2D eigenvalue weighted by atomic mass is 9.98. The molecule has 3 heteroatoms. The van der Waals surface area contributed by atoms with Gasteiger partial charge in [0.1, 0.15) is 0 Å². The van der Waals surface area contributed by atoms with E-state index in [1.165, 1.54) is 36.8 Å². The van der Waals surface area contributed by atoms with Crippen molar-refractivity contribution in [1.29, 1.82) is 0 Å². The lowest BCUT2D eigenvalue weighted by Gasteiger charge is -2.12. The van der Waals surface area contributed by atoms with E-state index in [2.05, 4.69) is 50.4 Å². The second-order valence-corrected chi connectivity index (χ2v) is 5.03. The summed E-state index contributed by atoms with van der Waals surface area (Å²) < 4.78 is 0. The highest BCUT2D eigenvalue weighted by molar-refractivity contribution is 5.32. The van der Waals surface area contributed by atoms with Gasteiger partial charge >= 0.3 is 0 Å². The van der Waals surface area contributed by atoms with Crippen LogP contribution < -0.4 is 5.32 Å². The van der Waals surface area contributed by atoms with E-state index in [-0.39, 0.29) is 6.47 Å². The molecule has 0 saturated carbocycles. The van der Waals surface area contributed by atoms with E-state index in [1.54, 1.807) is 0 Å². The van der Waals surface area contributed by atoms with E-state index in [9.17, 15) is 0 Å². The van der Waals surface area contributed by atoms with Crippen LogP contribution in [-0.4, -0.2) is 18.1 Å². The summed E-state index contributed by atoms with van der Waals surface area (Å²) in [6, 6.07) is 8.62. The maximum Gasteiger partial charge on any atom is 0.290 e. The Bertz CT molecular complexity index is 349. The Balaban J connectivity index is 0.00000110. The van der Waals surface area contributed by atoms with Crippen molar-refractivity contribution in [3.63, 3.8) is 0 Å². The maximum absolute atomic E-state index is 8.36. The summed E-state index contributed by atoms with van der Waals surface area (Å²) >= 11 is 0. The largest absolute Gasteiger partial charge is 0.483 e. The number of nitrogens with one attached hydrogen (secondary N) is 1. The molecule has 0 radical (unpaired) electrons. The predicted octanol–water partition coefficient (Wildman–Crippen LogP) is 4.00. The quantitative estimate of drug-likeness (QED) is 0.558. The van der Waals surface area contributed by atoms with E-state index in [0.29, 0.717) is 0 Å². The van der Waals surface area contributed by atoms with Gasteiger partial charge < -0.3 is 10.4 Å². The van der Waals surface area contributed by atoms with Crippen LogP contribution in [0.2, 0.25) is 0 Å². The van der Waals surface area contributed by atoms with Gasteiger partial charge in [-0.05, 0) is 43.4 Å². The molecule has 0 aliphatic rings. The molecule has 0 aliphatic carbocycles. The topological polar surface area (TPSA) is 49.3 Å². The van der Waals surface area contributed by atoms with Gasteiger partial charge in [-0.25, -0.2) is 0 Å². The first-order chi connectivity index (χ1) is 9.69. The van der Waals surface area contributed by atoms with Gasteiger partial charge in [0.25, 0.3) is 6.47 Å². The summed E-state index contributed by atoms with van der Waals surface area (Å²) in [7, 11) is 0. The maximum atomic E-state index is 8.36. The van der Waals surface area contributed by atoms with E-state index < -0.39 is 0 Å². The first kappa shape index (κ1) is 18.7. The Hall–Kier alpha value is -1.35. The van der Waals surface area contributed by atoms with Crippen LogP contribution in [0.15, 0.2) is 24.3 Å². The lowest BCUT2D eigenvalue weighted by molar-refractivity contribution is -0.122. The number of benzene rings is 1. The Kier molecular flexibility index (Phi) is 11.8. The van der Waals surface area contributed by atoms with Crippen molar-refractivity contribution in [1.82, 2.24) is 5.32 Å². The molecule has 0 amide bonds. The van der Waals surface area contributed by atoms with Gasteiger partial charge in [0.05, 0.1) is 0 Å². The monoisotopic (exact) mass is 279 g/mol. The van der Waals surface area contributed by atoms with Gasteiger partial charge in [-0.15, -0.1) is 0 Å². The minimum absolute atomic E-state index is 0.250. The lowest BCUT2D eigenvalue weighted by Crippen LogP contribution is -2.16. The Morgan fingerprint density at radius 1 is 1.25 bits per heavy atom. The first-order valence-electron chi connectivity index (χ1n) is 7.52. The number of hydrogen-bond acceptors (Lipinski definition) is 2. The standard InChI is InChI=1S/C16H27N.CH2O2/c1-4-15(5-2)10-8-12-17-13-16-11-7-6-9-14(16)3;2-1-3/h6-7,9,11,15,17H,4-5,8,10,12-13H2,1-3H3;1H,(H,2,3). The zero-order valence-corrected chi connectivity index (χ0v) is 13.1. The molecule has 1 rings (SSSR count). The van der Waals surface area contributed by atoms with Gasteiger partial charge in [0, 0.05) is 6.54 Å². The number of hydrogen-bond donors (Lipinski definition) is 2. The van der Waals surface area contributed by atoms with Crippen molar-refractivity contribution in [3.8, 4) is 0 Å². The Labute approximate surface area is 123 Å². The molecule has 3 nitrogen and oxygen atoms in total. The summed E-state index contributed by atoms with van der Waals surface area (Å²) in [5.74, 6) is 0.926. The van der Waals surface area contributed by atoms with Crippen molar-refractivity contribution < 1.29 is 9.90 Å². The normalized spacial score (nSPS) is 10.0.